The molecule has 0 aliphatic carbocycles. The third-order valence-electron chi connectivity index (χ3n) is 3.33. The maximum Gasteiger partial charge on any atom is 0.336 e. The van der Waals surface area contributed by atoms with Crippen LogP contribution in [-0.2, 0) is 6.54 Å². The molecule has 0 aliphatic rings. The molecule has 0 N–H and O–H groups in total. The second kappa shape index (κ2) is 7.16. The minimum atomic E-state index is -0.341. The molecule has 0 amide bonds. The van der Waals surface area contributed by atoms with Crippen molar-refractivity contribution in [3.8, 4) is 5.75 Å². The zero-order valence-corrected chi connectivity index (χ0v) is 13.9. The van der Waals surface area contributed by atoms with Crippen molar-refractivity contribution in [1.29, 1.82) is 0 Å². The molecular formula is C15H19Cl2NO3. The van der Waals surface area contributed by atoms with Crippen LogP contribution in [0.2, 0.25) is 0 Å². The SMILES string of the molecule is COc1ccc2c(C[N+](C)(C)CCCl)cc(=O)oc2c1.[Cl-]. The van der Waals surface area contributed by atoms with Crippen molar-refractivity contribution in [2.75, 3.05) is 33.6 Å². The van der Waals surface area contributed by atoms with Crippen molar-refractivity contribution in [3.63, 3.8) is 0 Å². The summed E-state index contributed by atoms with van der Waals surface area (Å²) >= 11 is 5.83. The number of hydrogen-bond donors (Lipinski definition) is 0. The van der Waals surface area contributed by atoms with Crippen LogP contribution in [0.25, 0.3) is 11.0 Å². The summed E-state index contributed by atoms with van der Waals surface area (Å²) in [5.41, 5.74) is 1.18. The maximum absolute atomic E-state index is 11.7. The van der Waals surface area contributed by atoms with E-state index in [-0.39, 0.29) is 18.0 Å². The first-order valence-electron chi connectivity index (χ1n) is 6.44. The van der Waals surface area contributed by atoms with E-state index in [1.165, 1.54) is 0 Å². The van der Waals surface area contributed by atoms with Crippen LogP contribution >= 0.6 is 11.6 Å². The highest BCUT2D eigenvalue weighted by Gasteiger charge is 2.18. The van der Waals surface area contributed by atoms with E-state index < -0.39 is 0 Å². The number of alkyl halides is 1. The van der Waals surface area contributed by atoms with E-state index in [2.05, 4.69) is 14.1 Å². The molecule has 1 aromatic heterocycles. The summed E-state index contributed by atoms with van der Waals surface area (Å²) < 4.78 is 11.1. The first-order chi connectivity index (χ1) is 9.45. The van der Waals surface area contributed by atoms with Gasteiger partial charge in [0.05, 0.1) is 33.6 Å². The molecule has 0 unspecified atom stereocenters. The van der Waals surface area contributed by atoms with E-state index in [0.717, 1.165) is 24.0 Å². The minimum absolute atomic E-state index is 0. The molecule has 0 atom stereocenters. The molecule has 0 radical (unpaired) electrons. The Morgan fingerprint density at radius 3 is 2.62 bits per heavy atom. The van der Waals surface area contributed by atoms with E-state index in [9.17, 15) is 4.79 Å². The van der Waals surface area contributed by atoms with Crippen molar-refractivity contribution in [1.82, 2.24) is 0 Å². The van der Waals surface area contributed by atoms with Crippen molar-refractivity contribution in [2.45, 2.75) is 6.54 Å². The summed E-state index contributed by atoms with van der Waals surface area (Å²) in [4.78, 5) is 11.7. The molecule has 0 saturated carbocycles. The van der Waals surface area contributed by atoms with Crippen LogP contribution in [0, 0.1) is 0 Å². The second-order valence-electron chi connectivity index (χ2n) is 5.46. The molecule has 4 nitrogen and oxygen atoms in total. The first-order valence-corrected chi connectivity index (χ1v) is 6.97. The van der Waals surface area contributed by atoms with E-state index >= 15 is 0 Å². The van der Waals surface area contributed by atoms with Gasteiger partial charge in [0, 0.05) is 23.1 Å². The number of halogens is 2. The lowest BCUT2D eigenvalue weighted by atomic mass is 10.1. The topological polar surface area (TPSA) is 39.4 Å². The number of rotatable bonds is 5. The third-order valence-corrected chi connectivity index (χ3v) is 3.49. The normalized spacial score (nSPS) is 11.2. The molecule has 116 valence electrons. The standard InChI is InChI=1S/C15H19ClNO3.ClH/c1-17(2,7-6-16)10-11-8-15(18)20-14-9-12(19-3)4-5-13(11)14;/h4-5,8-9H,6-7,10H2,1-3H3;1H/q+1;/p-1. The van der Waals surface area contributed by atoms with Gasteiger partial charge in [0.1, 0.15) is 17.9 Å². The molecule has 1 aromatic carbocycles. The van der Waals surface area contributed by atoms with Crippen molar-refractivity contribution >= 4 is 22.6 Å². The molecule has 1 heterocycles. The van der Waals surface area contributed by atoms with Crippen molar-refractivity contribution in [2.24, 2.45) is 0 Å². The minimum Gasteiger partial charge on any atom is -1.00 e. The summed E-state index contributed by atoms with van der Waals surface area (Å²) in [5.74, 6) is 1.26. The Hall–Kier alpha value is -1.23. The van der Waals surface area contributed by atoms with Crippen LogP contribution in [-0.4, -0.2) is 38.1 Å². The highest BCUT2D eigenvalue weighted by molar-refractivity contribution is 6.17. The fourth-order valence-electron chi connectivity index (χ4n) is 2.24. The summed E-state index contributed by atoms with van der Waals surface area (Å²) in [6.07, 6.45) is 0. The molecule has 0 saturated heterocycles. The Bertz CT molecular complexity index is 668. The van der Waals surface area contributed by atoms with E-state index in [0.29, 0.717) is 21.7 Å². The van der Waals surface area contributed by atoms with E-state index in [1.807, 2.05) is 12.1 Å². The number of benzene rings is 1. The Balaban J connectivity index is 0.00000220. The monoisotopic (exact) mass is 331 g/mol. The smallest absolute Gasteiger partial charge is 0.336 e. The fourth-order valence-corrected chi connectivity index (χ4v) is 2.69. The average molecular weight is 332 g/mol. The zero-order valence-electron chi connectivity index (χ0n) is 12.4. The van der Waals surface area contributed by atoms with Gasteiger partial charge in [-0.05, 0) is 12.1 Å². The van der Waals surface area contributed by atoms with Crippen LogP contribution in [0.15, 0.2) is 33.5 Å². The van der Waals surface area contributed by atoms with Crippen LogP contribution in [0.1, 0.15) is 5.56 Å². The molecule has 0 spiro atoms. The lowest BCUT2D eigenvalue weighted by Gasteiger charge is -2.29. The summed E-state index contributed by atoms with van der Waals surface area (Å²) in [7, 11) is 5.77. The second-order valence-corrected chi connectivity index (χ2v) is 5.84. The van der Waals surface area contributed by atoms with Gasteiger partial charge in [0.15, 0.2) is 0 Å². The molecule has 0 aliphatic heterocycles. The molecule has 0 fully saturated rings. The summed E-state index contributed by atoms with van der Waals surface area (Å²) in [6.45, 7) is 1.56. The number of fused-ring (bicyclic) bond motifs is 1. The van der Waals surface area contributed by atoms with Gasteiger partial charge in [-0.25, -0.2) is 4.79 Å². The number of nitrogens with zero attached hydrogens (tertiary/aromatic N) is 1. The zero-order chi connectivity index (χ0) is 14.8. The van der Waals surface area contributed by atoms with Gasteiger partial charge >= 0.3 is 5.63 Å². The summed E-state index contributed by atoms with van der Waals surface area (Å²) in [6, 6.07) is 7.09. The Labute approximate surface area is 135 Å². The predicted molar refractivity (Wildman–Crippen MR) is 80.4 cm³/mol. The largest absolute Gasteiger partial charge is 1.00 e. The predicted octanol–water partition coefficient (Wildman–Crippen LogP) is -0.379. The molecule has 0 bridgehead atoms. The van der Waals surface area contributed by atoms with Crippen LogP contribution in [0.3, 0.4) is 0 Å². The first kappa shape index (κ1) is 17.8. The van der Waals surface area contributed by atoms with E-state index in [4.69, 9.17) is 20.8 Å². The van der Waals surface area contributed by atoms with Gasteiger partial charge in [0.25, 0.3) is 0 Å². The fraction of sp³-hybridized carbons (Fsp3) is 0.400. The number of methoxy groups -OCH3 is 1. The lowest BCUT2D eigenvalue weighted by Crippen LogP contribution is -3.00. The van der Waals surface area contributed by atoms with E-state index in [1.54, 1.807) is 19.2 Å². The highest BCUT2D eigenvalue weighted by atomic mass is 35.5. The van der Waals surface area contributed by atoms with Gasteiger partial charge in [0.2, 0.25) is 0 Å². The van der Waals surface area contributed by atoms with Gasteiger partial charge in [-0.3, -0.25) is 0 Å². The molecule has 2 aromatic rings. The van der Waals surface area contributed by atoms with Crippen LogP contribution in [0.4, 0.5) is 0 Å². The quantitative estimate of drug-likeness (QED) is 0.426. The van der Waals surface area contributed by atoms with Gasteiger partial charge in [-0.2, -0.15) is 0 Å². The average Bonchev–Trinajstić information content (AvgIpc) is 2.37. The van der Waals surface area contributed by atoms with Crippen LogP contribution in [0.5, 0.6) is 5.75 Å². The summed E-state index contributed by atoms with van der Waals surface area (Å²) in [5, 5.41) is 0.936. The van der Waals surface area contributed by atoms with Crippen molar-refractivity contribution < 1.29 is 26.0 Å². The number of ether oxygens (including phenoxy) is 1. The Morgan fingerprint density at radius 2 is 2.00 bits per heavy atom. The molecule has 6 heteroatoms. The van der Waals surface area contributed by atoms with Gasteiger partial charge in [-0.1, -0.05) is 0 Å². The maximum atomic E-state index is 11.7. The van der Waals surface area contributed by atoms with Gasteiger partial charge < -0.3 is 26.0 Å². The Morgan fingerprint density at radius 1 is 1.29 bits per heavy atom. The number of quaternary nitrogens is 1. The molecule has 2 rings (SSSR count). The molecular weight excluding hydrogens is 313 g/mol. The molecule has 21 heavy (non-hydrogen) atoms. The Kier molecular flexibility index (Phi) is 6.08. The van der Waals surface area contributed by atoms with Gasteiger partial charge in [-0.15, -0.1) is 11.6 Å². The number of hydrogen-bond acceptors (Lipinski definition) is 3. The highest BCUT2D eigenvalue weighted by Crippen LogP contribution is 2.24. The lowest BCUT2D eigenvalue weighted by molar-refractivity contribution is -0.901. The third kappa shape index (κ3) is 4.37. The van der Waals surface area contributed by atoms with Crippen molar-refractivity contribution in [3.05, 3.63) is 40.2 Å². The van der Waals surface area contributed by atoms with Crippen LogP contribution < -0.4 is 22.8 Å².